The van der Waals surface area contributed by atoms with Gasteiger partial charge in [-0.25, -0.2) is 0 Å². The summed E-state index contributed by atoms with van der Waals surface area (Å²) in [5.74, 6) is 0. The number of nitrogens with zero attached hydrogens (tertiary/aromatic N) is 1. The van der Waals surface area contributed by atoms with E-state index in [0.717, 1.165) is 4.90 Å². The Morgan fingerprint density at radius 1 is 1.26 bits per heavy atom. The molecule has 0 rings (SSSR count). The molecule has 0 aromatic carbocycles. The van der Waals surface area contributed by atoms with E-state index >= 15 is 0 Å². The van der Waals surface area contributed by atoms with Crippen molar-refractivity contribution in [2.24, 2.45) is 0 Å². The van der Waals surface area contributed by atoms with Crippen molar-refractivity contribution in [1.82, 2.24) is 4.90 Å². The van der Waals surface area contributed by atoms with Gasteiger partial charge in [-0.3, -0.25) is 4.90 Å². The van der Waals surface area contributed by atoms with Crippen molar-refractivity contribution in [2.45, 2.75) is 25.3 Å². The molecule has 0 radical (unpaired) electrons. The molecule has 2 atom stereocenters. The lowest BCUT2D eigenvalue weighted by Gasteiger charge is -2.25. The largest absolute Gasteiger partial charge is 0.401 e. The molecule has 0 bridgehead atoms. The van der Waals surface area contributed by atoms with Crippen LogP contribution in [0.2, 0.25) is 0 Å². The van der Waals surface area contributed by atoms with Gasteiger partial charge in [-0.05, 0) is 6.92 Å². The van der Waals surface area contributed by atoms with Crippen molar-refractivity contribution in [3.8, 4) is 0 Å². The summed E-state index contributed by atoms with van der Waals surface area (Å²) >= 11 is 0. The van der Waals surface area contributed by atoms with Gasteiger partial charge in [-0.15, -0.1) is 0 Å². The Bertz CT molecular complexity index is 228. The first-order chi connectivity index (χ1) is 8.78. The molecule has 0 aromatic rings. The maximum Gasteiger partial charge on any atom is 0.401 e. The minimum Gasteiger partial charge on any atom is -0.395 e. The molecule has 2 unspecified atom stereocenters. The second-order valence-corrected chi connectivity index (χ2v) is 4.33. The van der Waals surface area contributed by atoms with Gasteiger partial charge in [-0.2, -0.15) is 13.2 Å². The van der Waals surface area contributed by atoms with E-state index in [1.54, 1.807) is 6.92 Å². The Balaban J connectivity index is 4.05. The Labute approximate surface area is 110 Å². The van der Waals surface area contributed by atoms with Crippen LogP contribution in [0.5, 0.6) is 0 Å². The molecule has 0 aliphatic carbocycles. The standard InChI is InChI=1S/C11H22F3NO4/c1-9(6-18-2)19-7-10(17)5-15(3-4-16)8-11(12,13)14/h9-10,16-17H,3-8H2,1-2H3. The highest BCUT2D eigenvalue weighted by molar-refractivity contribution is 4.68. The highest BCUT2D eigenvalue weighted by atomic mass is 19.4. The molecule has 8 heteroatoms. The van der Waals surface area contributed by atoms with E-state index in [9.17, 15) is 18.3 Å². The van der Waals surface area contributed by atoms with E-state index in [1.807, 2.05) is 0 Å². The van der Waals surface area contributed by atoms with Crippen LogP contribution in [0.25, 0.3) is 0 Å². The second-order valence-electron chi connectivity index (χ2n) is 4.33. The molecule has 5 nitrogen and oxygen atoms in total. The van der Waals surface area contributed by atoms with Gasteiger partial charge in [0, 0.05) is 20.2 Å². The van der Waals surface area contributed by atoms with Gasteiger partial charge in [0.2, 0.25) is 0 Å². The van der Waals surface area contributed by atoms with E-state index in [2.05, 4.69) is 0 Å². The summed E-state index contributed by atoms with van der Waals surface area (Å²) in [6.45, 7) is 0.0727. The first kappa shape index (κ1) is 18.6. The molecule has 0 spiro atoms. The fraction of sp³-hybridized carbons (Fsp3) is 1.00. The van der Waals surface area contributed by atoms with Crippen LogP contribution in [-0.4, -0.2) is 80.1 Å². The summed E-state index contributed by atoms with van der Waals surface area (Å²) in [4.78, 5) is 0.939. The lowest BCUT2D eigenvalue weighted by molar-refractivity contribution is -0.151. The number of halogens is 3. The Morgan fingerprint density at radius 2 is 1.89 bits per heavy atom. The minimum absolute atomic E-state index is 0.0791. The number of alkyl halides is 3. The van der Waals surface area contributed by atoms with Gasteiger partial charge in [-0.1, -0.05) is 0 Å². The Kier molecular flexibility index (Phi) is 9.28. The van der Waals surface area contributed by atoms with Crippen LogP contribution in [0.3, 0.4) is 0 Å². The van der Waals surface area contributed by atoms with E-state index in [4.69, 9.17) is 14.6 Å². The van der Waals surface area contributed by atoms with Gasteiger partial charge in [0.05, 0.1) is 38.6 Å². The van der Waals surface area contributed by atoms with E-state index in [1.165, 1.54) is 7.11 Å². The van der Waals surface area contributed by atoms with Gasteiger partial charge >= 0.3 is 6.18 Å². The van der Waals surface area contributed by atoms with Crippen LogP contribution < -0.4 is 0 Å². The third-order valence-electron chi connectivity index (χ3n) is 2.26. The van der Waals surface area contributed by atoms with Gasteiger partial charge in [0.15, 0.2) is 0 Å². The number of aliphatic hydroxyl groups excluding tert-OH is 2. The quantitative estimate of drug-likeness (QED) is 0.604. The first-order valence-corrected chi connectivity index (χ1v) is 5.97. The van der Waals surface area contributed by atoms with Crippen molar-refractivity contribution >= 4 is 0 Å². The summed E-state index contributed by atoms with van der Waals surface area (Å²) in [5, 5.41) is 18.3. The predicted octanol–water partition coefficient (Wildman–Crippen LogP) is 0.255. The molecule has 0 aromatic heterocycles. The van der Waals surface area contributed by atoms with E-state index in [-0.39, 0.29) is 25.8 Å². The smallest absolute Gasteiger partial charge is 0.395 e. The topological polar surface area (TPSA) is 62.2 Å². The fourth-order valence-corrected chi connectivity index (χ4v) is 1.54. The molecular weight excluding hydrogens is 267 g/mol. The molecule has 0 aliphatic rings. The number of methoxy groups -OCH3 is 1. The predicted molar refractivity (Wildman–Crippen MR) is 62.9 cm³/mol. The average molecular weight is 289 g/mol. The third kappa shape index (κ3) is 11.1. The number of hydrogen-bond donors (Lipinski definition) is 2. The molecule has 0 heterocycles. The maximum atomic E-state index is 12.2. The summed E-state index contributed by atoms with van der Waals surface area (Å²) in [5.41, 5.74) is 0. The van der Waals surface area contributed by atoms with Crippen LogP contribution in [0.4, 0.5) is 13.2 Å². The second kappa shape index (κ2) is 9.49. The van der Waals surface area contributed by atoms with Crippen LogP contribution in [0, 0.1) is 0 Å². The van der Waals surface area contributed by atoms with E-state index in [0.29, 0.717) is 6.61 Å². The molecule has 116 valence electrons. The summed E-state index contributed by atoms with van der Waals surface area (Å²) in [6, 6.07) is 0. The fourth-order valence-electron chi connectivity index (χ4n) is 1.54. The first-order valence-electron chi connectivity index (χ1n) is 5.97. The highest BCUT2D eigenvalue weighted by Gasteiger charge is 2.31. The highest BCUT2D eigenvalue weighted by Crippen LogP contribution is 2.16. The molecule has 0 aliphatic heterocycles. The Morgan fingerprint density at radius 3 is 2.37 bits per heavy atom. The minimum atomic E-state index is -4.36. The number of ether oxygens (including phenoxy) is 2. The van der Waals surface area contributed by atoms with Crippen LogP contribution >= 0.6 is 0 Å². The molecule has 0 saturated heterocycles. The summed E-state index contributed by atoms with van der Waals surface area (Å²) < 4.78 is 46.8. The van der Waals surface area contributed by atoms with Crippen molar-refractivity contribution < 1.29 is 32.9 Å². The number of aliphatic hydroxyl groups is 2. The average Bonchev–Trinajstić information content (AvgIpc) is 2.25. The van der Waals surface area contributed by atoms with Crippen LogP contribution in [0.1, 0.15) is 6.92 Å². The van der Waals surface area contributed by atoms with Gasteiger partial charge in [0.25, 0.3) is 0 Å². The third-order valence-corrected chi connectivity index (χ3v) is 2.26. The molecule has 0 amide bonds. The number of rotatable bonds is 10. The summed E-state index contributed by atoms with van der Waals surface area (Å²) in [6.07, 6.45) is -5.65. The van der Waals surface area contributed by atoms with Crippen LogP contribution in [-0.2, 0) is 9.47 Å². The molecule has 0 saturated carbocycles. The van der Waals surface area contributed by atoms with E-state index < -0.39 is 25.4 Å². The zero-order chi connectivity index (χ0) is 14.9. The van der Waals surface area contributed by atoms with Crippen LogP contribution in [0.15, 0.2) is 0 Å². The number of hydrogen-bond acceptors (Lipinski definition) is 5. The lowest BCUT2D eigenvalue weighted by Crippen LogP contribution is -2.42. The maximum absolute atomic E-state index is 12.2. The van der Waals surface area contributed by atoms with Gasteiger partial charge < -0.3 is 19.7 Å². The normalized spacial score (nSPS) is 15.8. The van der Waals surface area contributed by atoms with Crippen molar-refractivity contribution in [1.29, 1.82) is 0 Å². The summed E-state index contributed by atoms with van der Waals surface area (Å²) in [7, 11) is 1.50. The van der Waals surface area contributed by atoms with Gasteiger partial charge in [0.1, 0.15) is 0 Å². The molecule has 2 N–H and O–H groups in total. The molecular formula is C11H22F3NO4. The van der Waals surface area contributed by atoms with Crippen molar-refractivity contribution in [3.05, 3.63) is 0 Å². The van der Waals surface area contributed by atoms with Crippen molar-refractivity contribution in [3.63, 3.8) is 0 Å². The zero-order valence-electron chi connectivity index (χ0n) is 11.2. The Hall–Kier alpha value is -0.410. The molecule has 0 fully saturated rings. The monoisotopic (exact) mass is 289 g/mol. The molecule has 19 heavy (non-hydrogen) atoms. The zero-order valence-corrected chi connectivity index (χ0v) is 11.2. The lowest BCUT2D eigenvalue weighted by atomic mass is 10.3. The SMILES string of the molecule is COCC(C)OCC(O)CN(CCO)CC(F)(F)F. The van der Waals surface area contributed by atoms with Crippen molar-refractivity contribution in [2.75, 3.05) is 46.6 Å².